The van der Waals surface area contributed by atoms with Crippen molar-refractivity contribution in [2.45, 2.75) is 64.7 Å². The third kappa shape index (κ3) is 10.1. The average molecular weight is 257 g/mol. The van der Waals surface area contributed by atoms with Crippen molar-refractivity contribution in [2.24, 2.45) is 0 Å². The summed E-state index contributed by atoms with van der Waals surface area (Å²) in [7, 11) is 1.67. The van der Waals surface area contributed by atoms with E-state index in [1.165, 1.54) is 37.0 Å². The molecule has 0 atom stereocenters. The number of carbonyl (C=O) groups is 2. The van der Waals surface area contributed by atoms with Gasteiger partial charge in [-0.25, -0.2) is 0 Å². The summed E-state index contributed by atoms with van der Waals surface area (Å²) in [4.78, 5) is 23.5. The fourth-order valence-corrected chi connectivity index (χ4v) is 1.81. The molecule has 0 aliphatic carbocycles. The lowest BCUT2D eigenvalue weighted by Crippen LogP contribution is -2.28. The predicted molar refractivity (Wildman–Crippen MR) is 72.5 cm³/mol. The maximum Gasteiger partial charge on any atom is 0.305 e. The Labute approximate surface area is 110 Å². The molecule has 4 heteroatoms. The molecule has 0 rings (SSSR count). The van der Waals surface area contributed by atoms with E-state index in [0.717, 1.165) is 12.8 Å². The number of carboxylic acid groups (broad SMARTS) is 1. The SMILES string of the molecule is CCCCCCCCCC(=O)N(C)CCC(=O)O. The van der Waals surface area contributed by atoms with Crippen LogP contribution in [0.1, 0.15) is 64.7 Å². The molecule has 18 heavy (non-hydrogen) atoms. The molecule has 1 N–H and O–H groups in total. The monoisotopic (exact) mass is 257 g/mol. The maximum atomic E-state index is 11.6. The van der Waals surface area contributed by atoms with Crippen LogP contribution in [0.25, 0.3) is 0 Å². The van der Waals surface area contributed by atoms with Crippen LogP contribution in [0.15, 0.2) is 0 Å². The van der Waals surface area contributed by atoms with Crippen LogP contribution in [0.5, 0.6) is 0 Å². The van der Waals surface area contributed by atoms with E-state index in [9.17, 15) is 9.59 Å². The van der Waals surface area contributed by atoms with E-state index in [1.54, 1.807) is 7.05 Å². The molecule has 106 valence electrons. The van der Waals surface area contributed by atoms with Gasteiger partial charge in [-0.05, 0) is 6.42 Å². The molecule has 0 spiro atoms. The third-order valence-corrected chi connectivity index (χ3v) is 3.08. The van der Waals surface area contributed by atoms with E-state index in [1.807, 2.05) is 0 Å². The highest BCUT2D eigenvalue weighted by Gasteiger charge is 2.09. The van der Waals surface area contributed by atoms with E-state index in [2.05, 4.69) is 6.92 Å². The number of rotatable bonds is 11. The van der Waals surface area contributed by atoms with Crippen molar-refractivity contribution < 1.29 is 14.7 Å². The Bertz CT molecular complexity index is 241. The van der Waals surface area contributed by atoms with Crippen LogP contribution < -0.4 is 0 Å². The molecule has 0 radical (unpaired) electrons. The van der Waals surface area contributed by atoms with Crippen molar-refractivity contribution in [3.05, 3.63) is 0 Å². The van der Waals surface area contributed by atoms with Gasteiger partial charge in [0, 0.05) is 20.0 Å². The number of carboxylic acids is 1. The molecule has 0 unspecified atom stereocenters. The minimum absolute atomic E-state index is 0.0270. The lowest BCUT2D eigenvalue weighted by Gasteiger charge is -2.15. The second-order valence-electron chi connectivity index (χ2n) is 4.83. The van der Waals surface area contributed by atoms with Gasteiger partial charge in [-0.3, -0.25) is 9.59 Å². The summed E-state index contributed by atoms with van der Waals surface area (Å²) in [5, 5.41) is 8.52. The van der Waals surface area contributed by atoms with Crippen molar-refractivity contribution in [3.63, 3.8) is 0 Å². The Morgan fingerprint density at radius 1 is 0.944 bits per heavy atom. The van der Waals surface area contributed by atoms with Crippen molar-refractivity contribution in [1.82, 2.24) is 4.90 Å². The summed E-state index contributed by atoms with van der Waals surface area (Å²) in [6.07, 6.45) is 8.91. The molecule has 0 heterocycles. The number of amides is 1. The van der Waals surface area contributed by atoms with E-state index < -0.39 is 5.97 Å². The van der Waals surface area contributed by atoms with Gasteiger partial charge in [-0.15, -0.1) is 0 Å². The van der Waals surface area contributed by atoms with Gasteiger partial charge in [0.25, 0.3) is 0 Å². The summed E-state index contributed by atoms with van der Waals surface area (Å²) >= 11 is 0. The molecule has 0 saturated heterocycles. The Hall–Kier alpha value is -1.06. The normalized spacial score (nSPS) is 10.3. The molecule has 0 aromatic rings. The Kier molecular flexibility index (Phi) is 10.4. The highest BCUT2D eigenvalue weighted by molar-refractivity contribution is 5.76. The minimum atomic E-state index is -0.856. The Balaban J connectivity index is 3.43. The molecular formula is C14H27NO3. The van der Waals surface area contributed by atoms with Crippen LogP contribution in [-0.2, 0) is 9.59 Å². The topological polar surface area (TPSA) is 57.6 Å². The first-order chi connectivity index (χ1) is 8.57. The molecule has 0 saturated carbocycles. The van der Waals surface area contributed by atoms with E-state index in [0.29, 0.717) is 13.0 Å². The molecular weight excluding hydrogens is 230 g/mol. The minimum Gasteiger partial charge on any atom is -0.481 e. The molecule has 0 bridgehead atoms. The standard InChI is InChI=1S/C14H27NO3/c1-3-4-5-6-7-8-9-10-13(16)15(2)12-11-14(17)18/h3-12H2,1-2H3,(H,17,18). The number of nitrogens with zero attached hydrogens (tertiary/aromatic N) is 1. The van der Waals surface area contributed by atoms with Crippen molar-refractivity contribution in [1.29, 1.82) is 0 Å². The van der Waals surface area contributed by atoms with Gasteiger partial charge < -0.3 is 10.0 Å². The largest absolute Gasteiger partial charge is 0.481 e. The molecule has 0 aromatic carbocycles. The quantitative estimate of drug-likeness (QED) is 0.579. The summed E-state index contributed by atoms with van der Waals surface area (Å²) in [5.41, 5.74) is 0. The average Bonchev–Trinajstić information content (AvgIpc) is 2.34. The van der Waals surface area contributed by atoms with E-state index in [-0.39, 0.29) is 12.3 Å². The van der Waals surface area contributed by atoms with Crippen LogP contribution in [0.3, 0.4) is 0 Å². The number of hydrogen-bond donors (Lipinski definition) is 1. The van der Waals surface area contributed by atoms with Crippen molar-refractivity contribution >= 4 is 11.9 Å². The fraction of sp³-hybridized carbons (Fsp3) is 0.857. The van der Waals surface area contributed by atoms with Gasteiger partial charge in [0.05, 0.1) is 6.42 Å². The van der Waals surface area contributed by atoms with Crippen LogP contribution >= 0.6 is 0 Å². The lowest BCUT2D eigenvalue weighted by molar-refractivity contribution is -0.138. The zero-order valence-electron chi connectivity index (χ0n) is 11.8. The number of carbonyl (C=O) groups excluding carboxylic acids is 1. The second-order valence-corrected chi connectivity index (χ2v) is 4.83. The summed E-state index contributed by atoms with van der Waals surface area (Å²) in [6.45, 7) is 2.51. The van der Waals surface area contributed by atoms with Gasteiger partial charge in [-0.1, -0.05) is 45.4 Å². The number of aliphatic carboxylic acids is 1. The zero-order valence-corrected chi connectivity index (χ0v) is 11.8. The summed E-state index contributed by atoms with van der Waals surface area (Å²) in [5.74, 6) is -0.796. The van der Waals surface area contributed by atoms with E-state index >= 15 is 0 Å². The van der Waals surface area contributed by atoms with Crippen molar-refractivity contribution in [3.8, 4) is 0 Å². The summed E-state index contributed by atoms with van der Waals surface area (Å²) < 4.78 is 0. The van der Waals surface area contributed by atoms with Gasteiger partial charge in [0.1, 0.15) is 0 Å². The number of unbranched alkanes of at least 4 members (excludes halogenated alkanes) is 6. The first kappa shape index (κ1) is 16.9. The lowest BCUT2D eigenvalue weighted by atomic mass is 10.1. The molecule has 0 aliphatic heterocycles. The molecule has 0 fully saturated rings. The van der Waals surface area contributed by atoms with Crippen LogP contribution in [0.2, 0.25) is 0 Å². The second kappa shape index (κ2) is 11.1. The van der Waals surface area contributed by atoms with Crippen LogP contribution in [0, 0.1) is 0 Å². The third-order valence-electron chi connectivity index (χ3n) is 3.08. The van der Waals surface area contributed by atoms with Gasteiger partial charge in [-0.2, -0.15) is 0 Å². The van der Waals surface area contributed by atoms with Crippen LogP contribution in [0.4, 0.5) is 0 Å². The van der Waals surface area contributed by atoms with Gasteiger partial charge in [0.2, 0.25) is 5.91 Å². The number of hydrogen-bond acceptors (Lipinski definition) is 2. The van der Waals surface area contributed by atoms with Crippen molar-refractivity contribution in [2.75, 3.05) is 13.6 Å². The molecule has 0 aromatic heterocycles. The first-order valence-corrected chi connectivity index (χ1v) is 7.03. The highest BCUT2D eigenvalue weighted by atomic mass is 16.4. The van der Waals surface area contributed by atoms with Gasteiger partial charge >= 0.3 is 5.97 Å². The van der Waals surface area contributed by atoms with E-state index in [4.69, 9.17) is 5.11 Å². The Morgan fingerprint density at radius 3 is 2.06 bits per heavy atom. The molecule has 4 nitrogen and oxygen atoms in total. The predicted octanol–water partition coefficient (Wildman–Crippen LogP) is 3.06. The molecule has 1 amide bonds. The first-order valence-electron chi connectivity index (χ1n) is 7.03. The Morgan fingerprint density at radius 2 is 1.50 bits per heavy atom. The summed E-state index contributed by atoms with van der Waals surface area (Å²) in [6, 6.07) is 0. The highest BCUT2D eigenvalue weighted by Crippen LogP contribution is 2.09. The smallest absolute Gasteiger partial charge is 0.305 e. The van der Waals surface area contributed by atoms with Gasteiger partial charge in [0.15, 0.2) is 0 Å². The van der Waals surface area contributed by atoms with Crippen LogP contribution in [-0.4, -0.2) is 35.5 Å². The fourth-order valence-electron chi connectivity index (χ4n) is 1.81. The zero-order chi connectivity index (χ0) is 13.8. The maximum absolute atomic E-state index is 11.6. The molecule has 0 aliphatic rings.